The Balaban J connectivity index is 1.96. The maximum atomic E-state index is 11.5. The van der Waals surface area contributed by atoms with Gasteiger partial charge in [0.25, 0.3) is 0 Å². The molecule has 2 heterocycles. The van der Waals surface area contributed by atoms with Gasteiger partial charge in [-0.25, -0.2) is 24.0 Å². The van der Waals surface area contributed by atoms with Crippen molar-refractivity contribution in [1.29, 1.82) is 0 Å². The number of nitrogen functional groups attached to an aromatic ring is 1. The predicted molar refractivity (Wildman–Crippen MR) is 84.6 cm³/mol. The van der Waals surface area contributed by atoms with Crippen LogP contribution in [0.3, 0.4) is 0 Å². The van der Waals surface area contributed by atoms with Crippen molar-refractivity contribution >= 4 is 28.7 Å². The molecular formula is C13H14N6O3S. The molecule has 6 N–H and O–H groups in total. The van der Waals surface area contributed by atoms with Crippen LogP contribution < -0.4 is 16.8 Å². The summed E-state index contributed by atoms with van der Waals surface area (Å²) in [6.45, 7) is 0. The minimum atomic E-state index is -2.02. The summed E-state index contributed by atoms with van der Waals surface area (Å²) in [5, 5.41) is 2.34. The molecule has 2 aromatic heterocycles. The second-order valence-corrected chi connectivity index (χ2v) is 6.45. The molecule has 1 fully saturated rings. The number of amides is 2. The number of nitrogens with zero attached hydrogens (tertiary/aromatic N) is 3. The van der Waals surface area contributed by atoms with Crippen molar-refractivity contribution in [3.05, 3.63) is 30.1 Å². The Hall–Kier alpha value is -2.59. The fraction of sp³-hybridized carbons (Fsp3) is 0.231. The van der Waals surface area contributed by atoms with Gasteiger partial charge in [-0.05, 0) is 25.0 Å². The first-order valence-electron chi connectivity index (χ1n) is 6.69. The van der Waals surface area contributed by atoms with Gasteiger partial charge in [0.2, 0.25) is 0 Å². The van der Waals surface area contributed by atoms with Crippen molar-refractivity contribution in [3.63, 3.8) is 0 Å². The van der Waals surface area contributed by atoms with Crippen LogP contribution in [0.15, 0.2) is 24.4 Å². The average Bonchev–Trinajstić information content (AvgIpc) is 3.28. The number of carbonyl (C=O) groups excluding carboxylic acids is 1. The second kappa shape index (κ2) is 5.56. The number of hydrogen-bond donors (Lipinski definition) is 4. The van der Waals surface area contributed by atoms with Crippen LogP contribution in [0.1, 0.15) is 18.5 Å². The number of pyridine rings is 1. The average molecular weight is 334 g/mol. The van der Waals surface area contributed by atoms with Gasteiger partial charge in [0, 0.05) is 17.8 Å². The maximum absolute atomic E-state index is 11.5. The molecule has 0 aliphatic heterocycles. The Morgan fingerprint density at radius 2 is 2.09 bits per heavy atom. The van der Waals surface area contributed by atoms with Gasteiger partial charge in [-0.15, -0.1) is 0 Å². The Morgan fingerprint density at radius 3 is 2.61 bits per heavy atom. The Bertz CT molecular complexity index is 791. The first-order valence-corrected chi connectivity index (χ1v) is 7.80. The van der Waals surface area contributed by atoms with E-state index in [1.54, 1.807) is 12.1 Å². The normalized spacial score (nSPS) is 16.6. The van der Waals surface area contributed by atoms with Crippen LogP contribution in [0.5, 0.6) is 0 Å². The lowest BCUT2D eigenvalue weighted by molar-refractivity contribution is 0.259. The fourth-order valence-corrected chi connectivity index (χ4v) is 2.92. The molecule has 0 aromatic carbocycles. The summed E-state index contributed by atoms with van der Waals surface area (Å²) in [6.07, 6.45) is 2.61. The SMILES string of the molecule is NC(=O)Nc1ccc(-c2nc(N)cc(C3(S(=O)O)CC3)n2)cn1. The molecule has 0 spiro atoms. The van der Waals surface area contributed by atoms with Crippen molar-refractivity contribution in [2.45, 2.75) is 17.6 Å². The molecule has 1 aliphatic rings. The molecule has 120 valence electrons. The number of nitrogens with two attached hydrogens (primary N) is 2. The highest BCUT2D eigenvalue weighted by Gasteiger charge is 2.52. The molecule has 1 atom stereocenters. The number of aromatic nitrogens is 3. The third-order valence-electron chi connectivity index (χ3n) is 3.52. The quantitative estimate of drug-likeness (QED) is 0.603. The summed E-state index contributed by atoms with van der Waals surface area (Å²) in [7, 11) is 0. The zero-order valence-corrected chi connectivity index (χ0v) is 12.7. The van der Waals surface area contributed by atoms with Crippen LogP contribution in [-0.2, 0) is 15.8 Å². The standard InChI is InChI=1S/C13H14N6O3S/c14-9-5-8(13(3-4-13)23(21)22)17-11(18-9)7-1-2-10(16-6-7)19-12(15)20/h1-2,5-6H,3-4H2,(H,21,22)(H2,14,17,18)(H3,15,16,19,20). The summed E-state index contributed by atoms with van der Waals surface area (Å²) in [5.74, 6) is 0.802. The molecule has 1 aliphatic carbocycles. The van der Waals surface area contributed by atoms with Gasteiger partial charge in [-0.1, -0.05) is 0 Å². The van der Waals surface area contributed by atoms with Crippen LogP contribution in [-0.4, -0.2) is 29.7 Å². The van der Waals surface area contributed by atoms with E-state index in [-0.39, 0.29) is 5.82 Å². The summed E-state index contributed by atoms with van der Waals surface area (Å²) >= 11 is -2.02. The number of urea groups is 1. The Morgan fingerprint density at radius 1 is 1.35 bits per heavy atom. The fourth-order valence-electron chi connectivity index (χ4n) is 2.19. The lowest BCUT2D eigenvalue weighted by Crippen LogP contribution is -2.19. The van der Waals surface area contributed by atoms with Crippen molar-refractivity contribution in [2.75, 3.05) is 11.1 Å². The van der Waals surface area contributed by atoms with Crippen molar-refractivity contribution in [3.8, 4) is 11.4 Å². The summed E-state index contributed by atoms with van der Waals surface area (Å²) in [6, 6.07) is 3.99. The van der Waals surface area contributed by atoms with Crippen molar-refractivity contribution in [1.82, 2.24) is 15.0 Å². The summed E-state index contributed by atoms with van der Waals surface area (Å²) < 4.78 is 20.2. The van der Waals surface area contributed by atoms with E-state index in [9.17, 15) is 13.6 Å². The third kappa shape index (κ3) is 2.98. The van der Waals surface area contributed by atoms with Crippen LogP contribution >= 0.6 is 0 Å². The molecule has 3 rings (SSSR count). The maximum Gasteiger partial charge on any atom is 0.317 e. The van der Waals surface area contributed by atoms with Gasteiger partial charge in [-0.3, -0.25) is 5.32 Å². The summed E-state index contributed by atoms with van der Waals surface area (Å²) in [4.78, 5) is 23.3. The van der Waals surface area contributed by atoms with E-state index >= 15 is 0 Å². The van der Waals surface area contributed by atoms with Crippen molar-refractivity contribution in [2.24, 2.45) is 5.73 Å². The molecule has 2 amide bonds. The number of nitrogens with one attached hydrogen (secondary N) is 1. The van der Waals surface area contributed by atoms with E-state index < -0.39 is 21.9 Å². The Kier molecular flexibility index (Phi) is 3.70. The topological polar surface area (TPSA) is 157 Å². The van der Waals surface area contributed by atoms with E-state index in [1.807, 2.05) is 0 Å². The molecule has 9 nitrogen and oxygen atoms in total. The smallest absolute Gasteiger partial charge is 0.317 e. The molecule has 23 heavy (non-hydrogen) atoms. The van der Waals surface area contributed by atoms with E-state index in [0.717, 1.165) is 0 Å². The molecular weight excluding hydrogens is 320 g/mol. The lowest BCUT2D eigenvalue weighted by Gasteiger charge is -2.12. The van der Waals surface area contributed by atoms with Crippen LogP contribution in [0.2, 0.25) is 0 Å². The number of carbonyl (C=O) groups is 1. The first-order chi connectivity index (χ1) is 10.9. The summed E-state index contributed by atoms with van der Waals surface area (Å²) in [5.41, 5.74) is 11.8. The minimum absolute atomic E-state index is 0.209. The third-order valence-corrected chi connectivity index (χ3v) is 4.81. The highest BCUT2D eigenvalue weighted by atomic mass is 32.2. The van der Waals surface area contributed by atoms with E-state index in [1.165, 1.54) is 12.3 Å². The number of primary amides is 1. The number of hydrogen-bond acceptors (Lipinski definition) is 6. The highest BCUT2D eigenvalue weighted by molar-refractivity contribution is 7.80. The monoisotopic (exact) mass is 334 g/mol. The number of rotatable bonds is 4. The minimum Gasteiger partial charge on any atom is -0.384 e. The molecule has 0 saturated heterocycles. The zero-order chi connectivity index (χ0) is 16.6. The van der Waals surface area contributed by atoms with Crippen LogP contribution in [0.4, 0.5) is 16.4 Å². The van der Waals surface area contributed by atoms with Gasteiger partial charge in [0.05, 0.1) is 5.69 Å². The zero-order valence-electron chi connectivity index (χ0n) is 11.9. The first kappa shape index (κ1) is 15.3. The largest absolute Gasteiger partial charge is 0.384 e. The van der Waals surface area contributed by atoms with Gasteiger partial charge < -0.3 is 16.0 Å². The molecule has 0 bridgehead atoms. The Labute approximate surface area is 133 Å². The molecule has 1 saturated carbocycles. The lowest BCUT2D eigenvalue weighted by atomic mass is 10.2. The van der Waals surface area contributed by atoms with Crippen LogP contribution in [0, 0.1) is 0 Å². The van der Waals surface area contributed by atoms with Gasteiger partial charge in [0.1, 0.15) is 16.4 Å². The molecule has 2 aromatic rings. The molecule has 0 radical (unpaired) electrons. The van der Waals surface area contributed by atoms with Gasteiger partial charge in [0.15, 0.2) is 16.9 Å². The van der Waals surface area contributed by atoms with E-state index in [2.05, 4.69) is 20.3 Å². The van der Waals surface area contributed by atoms with Gasteiger partial charge in [-0.2, -0.15) is 0 Å². The predicted octanol–water partition coefficient (Wildman–Crippen LogP) is 0.822. The van der Waals surface area contributed by atoms with Gasteiger partial charge >= 0.3 is 6.03 Å². The molecule has 1 unspecified atom stereocenters. The highest BCUT2D eigenvalue weighted by Crippen LogP contribution is 2.50. The van der Waals surface area contributed by atoms with Crippen LogP contribution in [0.25, 0.3) is 11.4 Å². The number of anilines is 2. The van der Waals surface area contributed by atoms with E-state index in [0.29, 0.717) is 35.7 Å². The second-order valence-electron chi connectivity index (χ2n) is 5.17. The van der Waals surface area contributed by atoms with E-state index in [4.69, 9.17) is 11.5 Å². The molecule has 10 heteroatoms. The van der Waals surface area contributed by atoms with Crippen molar-refractivity contribution < 1.29 is 13.6 Å².